The second-order valence-corrected chi connectivity index (χ2v) is 10.0. The summed E-state index contributed by atoms with van der Waals surface area (Å²) in [6, 6.07) is 18.5. The van der Waals surface area contributed by atoms with E-state index in [2.05, 4.69) is 36.8 Å². The van der Waals surface area contributed by atoms with Crippen LogP contribution in [0.5, 0.6) is 5.75 Å². The van der Waals surface area contributed by atoms with Crippen molar-refractivity contribution in [1.29, 1.82) is 0 Å². The molecule has 8 nitrogen and oxygen atoms in total. The van der Waals surface area contributed by atoms with Crippen LogP contribution >= 0.6 is 39.3 Å². The molecule has 0 saturated heterocycles. The predicted octanol–water partition coefficient (Wildman–Crippen LogP) is 5.88. The van der Waals surface area contributed by atoms with Crippen LogP contribution in [0.15, 0.2) is 76.4 Å². The summed E-state index contributed by atoms with van der Waals surface area (Å²) in [6.45, 7) is 2.41. The summed E-state index contributed by atoms with van der Waals surface area (Å²) >= 11 is 10.6. The Bertz CT molecular complexity index is 1410. The van der Waals surface area contributed by atoms with Gasteiger partial charge in [0.25, 0.3) is 5.91 Å². The highest BCUT2D eigenvalue weighted by Gasteiger charge is 2.19. The number of benzene rings is 3. The number of thioether (sulfide) groups is 1. The maximum absolute atomic E-state index is 14.2. The summed E-state index contributed by atoms with van der Waals surface area (Å²) < 4.78 is 22.2. The van der Waals surface area contributed by atoms with Crippen LogP contribution in [0, 0.1) is 5.82 Å². The molecule has 0 aliphatic heterocycles. The van der Waals surface area contributed by atoms with Crippen LogP contribution in [0.1, 0.15) is 23.1 Å². The second kappa shape index (κ2) is 12.9. The van der Waals surface area contributed by atoms with Crippen LogP contribution in [0.3, 0.4) is 0 Å². The first kappa shape index (κ1) is 27.6. The zero-order valence-corrected chi connectivity index (χ0v) is 23.2. The molecule has 0 unspecified atom stereocenters. The number of hydrogen-bond donors (Lipinski definition) is 2. The first-order valence-corrected chi connectivity index (χ1v) is 13.6. The number of amides is 2. The molecule has 3 aromatic carbocycles. The van der Waals surface area contributed by atoms with Gasteiger partial charge in [-0.05, 0) is 67.6 Å². The third-order valence-electron chi connectivity index (χ3n) is 5.16. The van der Waals surface area contributed by atoms with Crippen LogP contribution in [-0.2, 0) is 11.3 Å². The molecule has 0 spiro atoms. The Morgan fingerprint density at radius 2 is 1.82 bits per heavy atom. The zero-order valence-electron chi connectivity index (χ0n) is 20.1. The van der Waals surface area contributed by atoms with Crippen LogP contribution in [0.4, 0.5) is 10.1 Å². The Hall–Kier alpha value is -3.41. The lowest BCUT2D eigenvalue weighted by Gasteiger charge is -2.12. The van der Waals surface area contributed by atoms with Crippen LogP contribution in [0.2, 0.25) is 5.02 Å². The fourth-order valence-corrected chi connectivity index (χ4v) is 4.73. The van der Waals surface area contributed by atoms with E-state index in [1.165, 1.54) is 23.9 Å². The normalized spacial score (nSPS) is 10.7. The molecular formula is C26H22BrClFN5O3S. The van der Waals surface area contributed by atoms with E-state index in [-0.39, 0.29) is 28.8 Å². The van der Waals surface area contributed by atoms with Crippen LogP contribution < -0.4 is 15.4 Å². The molecule has 0 bridgehead atoms. The van der Waals surface area contributed by atoms with Gasteiger partial charge in [0.05, 0.1) is 29.5 Å². The highest BCUT2D eigenvalue weighted by Crippen LogP contribution is 2.25. The SMILES string of the molecule is CCOc1ccc(NC(=O)CSc2nnc(CNC(=O)c3c(F)cccc3Cl)n2-c2ccc(Br)cc2)cc1. The molecule has 2 amide bonds. The molecule has 12 heteroatoms. The summed E-state index contributed by atoms with van der Waals surface area (Å²) in [6.07, 6.45) is 0. The van der Waals surface area contributed by atoms with Gasteiger partial charge in [0.1, 0.15) is 11.6 Å². The standard InChI is InChI=1S/C26H22BrClFN5O3S/c1-2-37-19-12-8-17(9-13-19)31-23(35)15-38-26-33-32-22(34(26)18-10-6-16(27)7-11-18)14-30-25(36)24-20(28)4-3-5-21(24)29/h3-13H,2,14-15H2,1H3,(H,30,36)(H,31,35). The minimum Gasteiger partial charge on any atom is -0.494 e. The molecule has 0 radical (unpaired) electrons. The smallest absolute Gasteiger partial charge is 0.256 e. The Labute approximate surface area is 236 Å². The number of anilines is 1. The lowest BCUT2D eigenvalue weighted by atomic mass is 10.2. The van der Waals surface area contributed by atoms with Crippen molar-refractivity contribution in [3.63, 3.8) is 0 Å². The van der Waals surface area contributed by atoms with E-state index >= 15 is 0 Å². The van der Waals surface area contributed by atoms with Gasteiger partial charge in [-0.2, -0.15) is 0 Å². The fraction of sp³-hybridized carbons (Fsp3) is 0.154. The number of carbonyl (C=O) groups is 2. The topological polar surface area (TPSA) is 98.1 Å². The van der Waals surface area contributed by atoms with Crippen LogP contribution in [-0.4, -0.2) is 38.9 Å². The lowest BCUT2D eigenvalue weighted by molar-refractivity contribution is -0.113. The van der Waals surface area contributed by atoms with E-state index in [0.717, 1.165) is 22.0 Å². The molecule has 38 heavy (non-hydrogen) atoms. The Morgan fingerprint density at radius 3 is 2.50 bits per heavy atom. The molecule has 0 atom stereocenters. The summed E-state index contributed by atoms with van der Waals surface area (Å²) in [4.78, 5) is 25.2. The monoisotopic (exact) mass is 617 g/mol. The van der Waals surface area contributed by atoms with Gasteiger partial charge in [-0.15, -0.1) is 10.2 Å². The number of rotatable bonds is 10. The molecule has 1 heterocycles. The van der Waals surface area contributed by atoms with Gasteiger partial charge in [0.15, 0.2) is 11.0 Å². The zero-order chi connectivity index (χ0) is 27.1. The third-order valence-corrected chi connectivity index (χ3v) is 6.94. The number of ether oxygens (including phenoxy) is 1. The van der Waals surface area contributed by atoms with Crippen molar-refractivity contribution in [2.45, 2.75) is 18.6 Å². The van der Waals surface area contributed by atoms with E-state index in [0.29, 0.717) is 23.3 Å². The molecule has 4 aromatic rings. The molecule has 0 saturated carbocycles. The molecule has 1 aromatic heterocycles. The first-order valence-electron chi connectivity index (χ1n) is 11.4. The molecule has 0 aliphatic carbocycles. The van der Waals surface area contributed by atoms with Gasteiger partial charge in [-0.1, -0.05) is 45.4 Å². The predicted molar refractivity (Wildman–Crippen MR) is 149 cm³/mol. The molecule has 0 aliphatic rings. The summed E-state index contributed by atoms with van der Waals surface area (Å²) in [5, 5.41) is 14.4. The average Bonchev–Trinajstić information content (AvgIpc) is 3.30. The van der Waals surface area contributed by atoms with E-state index in [1.807, 2.05) is 31.2 Å². The van der Waals surface area contributed by atoms with E-state index in [1.54, 1.807) is 28.8 Å². The number of halogens is 3. The number of carbonyl (C=O) groups excluding carboxylic acids is 2. The van der Waals surface area contributed by atoms with Gasteiger partial charge >= 0.3 is 0 Å². The minimum absolute atomic E-state index is 0.00617. The van der Waals surface area contributed by atoms with Gasteiger partial charge in [-0.25, -0.2) is 4.39 Å². The van der Waals surface area contributed by atoms with Crippen LogP contribution in [0.25, 0.3) is 5.69 Å². The van der Waals surface area contributed by atoms with Gasteiger partial charge in [0, 0.05) is 15.8 Å². The second-order valence-electron chi connectivity index (χ2n) is 7.78. The Kier molecular flexibility index (Phi) is 9.38. The molecule has 196 valence electrons. The van der Waals surface area contributed by atoms with Gasteiger partial charge in [-0.3, -0.25) is 14.2 Å². The van der Waals surface area contributed by atoms with Crippen molar-refractivity contribution in [2.24, 2.45) is 0 Å². The maximum atomic E-state index is 14.2. The molecule has 0 fully saturated rings. The molecule has 2 N–H and O–H groups in total. The van der Waals surface area contributed by atoms with Crippen molar-refractivity contribution in [3.05, 3.63) is 93.4 Å². The van der Waals surface area contributed by atoms with Gasteiger partial charge in [0.2, 0.25) is 5.91 Å². The number of hydrogen-bond acceptors (Lipinski definition) is 6. The Balaban J connectivity index is 1.48. The van der Waals surface area contributed by atoms with Crippen molar-refractivity contribution in [2.75, 3.05) is 17.7 Å². The highest BCUT2D eigenvalue weighted by atomic mass is 79.9. The van der Waals surface area contributed by atoms with Crippen molar-refractivity contribution in [3.8, 4) is 11.4 Å². The first-order chi connectivity index (χ1) is 18.4. The Morgan fingerprint density at radius 1 is 1.08 bits per heavy atom. The maximum Gasteiger partial charge on any atom is 0.256 e. The molecule has 4 rings (SSSR count). The quantitative estimate of drug-likeness (QED) is 0.216. The van der Waals surface area contributed by atoms with E-state index in [9.17, 15) is 14.0 Å². The number of nitrogens with one attached hydrogen (secondary N) is 2. The average molecular weight is 619 g/mol. The van der Waals surface area contributed by atoms with Crippen molar-refractivity contribution < 1.29 is 18.7 Å². The van der Waals surface area contributed by atoms with E-state index in [4.69, 9.17) is 16.3 Å². The van der Waals surface area contributed by atoms with Crippen molar-refractivity contribution in [1.82, 2.24) is 20.1 Å². The largest absolute Gasteiger partial charge is 0.494 e. The third kappa shape index (κ3) is 6.91. The highest BCUT2D eigenvalue weighted by molar-refractivity contribution is 9.10. The van der Waals surface area contributed by atoms with E-state index < -0.39 is 11.7 Å². The van der Waals surface area contributed by atoms with Crippen molar-refractivity contribution >= 4 is 56.8 Å². The fourth-order valence-electron chi connectivity index (χ4n) is 3.45. The number of aromatic nitrogens is 3. The summed E-state index contributed by atoms with van der Waals surface area (Å²) in [7, 11) is 0. The summed E-state index contributed by atoms with van der Waals surface area (Å²) in [5.74, 6) is -0.448. The van der Waals surface area contributed by atoms with Gasteiger partial charge < -0.3 is 15.4 Å². The molecular weight excluding hydrogens is 597 g/mol. The minimum atomic E-state index is -0.723. The summed E-state index contributed by atoms with van der Waals surface area (Å²) in [5.41, 5.74) is 1.12. The lowest BCUT2D eigenvalue weighted by Crippen LogP contribution is -2.26. The number of nitrogens with zero attached hydrogens (tertiary/aromatic N) is 3.